The number of ether oxygens (including phenoxy) is 3. The van der Waals surface area contributed by atoms with Crippen LogP contribution in [0, 0.1) is 0 Å². The van der Waals surface area contributed by atoms with E-state index in [1.165, 1.54) is 12.5 Å². The van der Waals surface area contributed by atoms with E-state index in [1.807, 2.05) is 0 Å². The summed E-state index contributed by atoms with van der Waals surface area (Å²) >= 11 is 0. The molecule has 152 valence electrons. The molecule has 30 heavy (non-hydrogen) atoms. The minimum absolute atomic E-state index is 0.111. The molecular formula is C21H18N4O5. The summed E-state index contributed by atoms with van der Waals surface area (Å²) in [4.78, 5) is 20.6. The minimum atomic E-state index is -0.332. The van der Waals surface area contributed by atoms with Gasteiger partial charge in [0.15, 0.2) is 0 Å². The number of rotatable bonds is 6. The van der Waals surface area contributed by atoms with Gasteiger partial charge in [-0.3, -0.25) is 4.79 Å². The van der Waals surface area contributed by atoms with Gasteiger partial charge in [0.1, 0.15) is 29.1 Å². The number of furan rings is 1. The van der Waals surface area contributed by atoms with Crippen molar-refractivity contribution in [1.82, 2.24) is 9.97 Å². The van der Waals surface area contributed by atoms with Crippen LogP contribution < -0.4 is 25.3 Å². The van der Waals surface area contributed by atoms with E-state index < -0.39 is 0 Å². The third-order valence-electron chi connectivity index (χ3n) is 4.27. The highest BCUT2D eigenvalue weighted by Crippen LogP contribution is 2.30. The lowest BCUT2D eigenvalue weighted by molar-refractivity contribution is 0.102. The van der Waals surface area contributed by atoms with Gasteiger partial charge >= 0.3 is 0 Å². The third-order valence-corrected chi connectivity index (χ3v) is 4.27. The molecule has 0 radical (unpaired) electrons. The molecule has 0 aliphatic heterocycles. The first-order chi connectivity index (χ1) is 14.6. The van der Waals surface area contributed by atoms with Crippen LogP contribution in [0.1, 0.15) is 10.4 Å². The average Bonchev–Trinajstić information content (AvgIpc) is 3.17. The highest BCUT2D eigenvalue weighted by Gasteiger charge is 2.16. The van der Waals surface area contributed by atoms with E-state index >= 15 is 0 Å². The zero-order valence-corrected chi connectivity index (χ0v) is 16.2. The lowest BCUT2D eigenvalue weighted by atomic mass is 10.1. The standard InChI is InChI=1S/C21H18N4O5/c1-27-14-7-12(8-15(9-14)28-2)24-20(26)17-11-29-18-10-13(3-4-16(17)18)30-19-5-6-23-21(22)25-19/h3-11H,1-2H3,(H,24,26)(H2,22,23,25). The van der Waals surface area contributed by atoms with E-state index in [1.54, 1.807) is 56.7 Å². The molecule has 4 aromatic rings. The van der Waals surface area contributed by atoms with Crippen molar-refractivity contribution < 1.29 is 23.4 Å². The van der Waals surface area contributed by atoms with Crippen molar-refractivity contribution in [2.24, 2.45) is 0 Å². The van der Waals surface area contributed by atoms with Gasteiger partial charge in [-0.2, -0.15) is 4.98 Å². The van der Waals surface area contributed by atoms with Crippen molar-refractivity contribution in [3.05, 3.63) is 60.5 Å². The number of hydrogen-bond acceptors (Lipinski definition) is 8. The maximum Gasteiger partial charge on any atom is 0.259 e. The molecule has 0 spiro atoms. The number of carbonyl (C=O) groups is 1. The molecule has 0 fully saturated rings. The van der Waals surface area contributed by atoms with Gasteiger partial charge in [-0.25, -0.2) is 4.98 Å². The smallest absolute Gasteiger partial charge is 0.259 e. The molecule has 0 unspecified atom stereocenters. The predicted molar refractivity (Wildman–Crippen MR) is 110 cm³/mol. The Labute approximate surface area is 171 Å². The SMILES string of the molecule is COc1cc(NC(=O)c2coc3cc(Oc4ccnc(N)n4)ccc23)cc(OC)c1. The summed E-state index contributed by atoms with van der Waals surface area (Å²) in [7, 11) is 3.08. The number of nitrogen functional groups attached to an aromatic ring is 1. The summed E-state index contributed by atoms with van der Waals surface area (Å²) in [6.07, 6.45) is 2.89. The van der Waals surface area contributed by atoms with Crippen LogP contribution in [-0.4, -0.2) is 30.1 Å². The number of nitrogens with two attached hydrogens (primary N) is 1. The molecule has 0 saturated carbocycles. The largest absolute Gasteiger partial charge is 0.497 e. The van der Waals surface area contributed by atoms with Crippen LogP contribution in [-0.2, 0) is 0 Å². The molecule has 2 aromatic carbocycles. The summed E-state index contributed by atoms with van der Waals surface area (Å²) < 4.78 is 21.7. The van der Waals surface area contributed by atoms with Crippen molar-refractivity contribution in [3.8, 4) is 23.1 Å². The number of aromatic nitrogens is 2. The molecule has 2 aromatic heterocycles. The lowest BCUT2D eigenvalue weighted by Crippen LogP contribution is -2.11. The van der Waals surface area contributed by atoms with E-state index in [2.05, 4.69) is 15.3 Å². The van der Waals surface area contributed by atoms with Gasteiger partial charge in [0.2, 0.25) is 11.8 Å². The quantitative estimate of drug-likeness (QED) is 0.495. The van der Waals surface area contributed by atoms with Crippen LogP contribution in [0.5, 0.6) is 23.1 Å². The second-order valence-corrected chi connectivity index (χ2v) is 6.22. The zero-order chi connectivity index (χ0) is 21.1. The summed E-state index contributed by atoms with van der Waals surface area (Å²) in [6, 6.07) is 11.8. The van der Waals surface area contributed by atoms with Crippen molar-refractivity contribution in [2.75, 3.05) is 25.3 Å². The molecule has 0 aliphatic carbocycles. The number of benzene rings is 2. The molecule has 9 nitrogen and oxygen atoms in total. The molecule has 9 heteroatoms. The first kappa shape index (κ1) is 19.1. The summed E-state index contributed by atoms with van der Waals surface area (Å²) in [5, 5.41) is 3.46. The number of nitrogens with zero attached hydrogens (tertiary/aromatic N) is 2. The van der Waals surface area contributed by atoms with Crippen molar-refractivity contribution in [3.63, 3.8) is 0 Å². The Bertz CT molecular complexity index is 1200. The second-order valence-electron chi connectivity index (χ2n) is 6.22. The Morgan fingerprint density at radius 2 is 1.80 bits per heavy atom. The normalized spacial score (nSPS) is 10.6. The maximum absolute atomic E-state index is 12.8. The Hall–Kier alpha value is -4.27. The van der Waals surface area contributed by atoms with Gasteiger partial charge in [-0.1, -0.05) is 0 Å². The number of fused-ring (bicyclic) bond motifs is 1. The van der Waals surface area contributed by atoms with Crippen molar-refractivity contribution >= 4 is 28.5 Å². The molecule has 0 aliphatic rings. The van der Waals surface area contributed by atoms with E-state index in [0.29, 0.717) is 45.3 Å². The van der Waals surface area contributed by atoms with E-state index in [9.17, 15) is 4.79 Å². The molecule has 3 N–H and O–H groups in total. The van der Waals surface area contributed by atoms with Gasteiger partial charge in [0.25, 0.3) is 5.91 Å². The molecule has 4 rings (SSSR count). The van der Waals surface area contributed by atoms with E-state index in [-0.39, 0.29) is 11.9 Å². The second kappa shape index (κ2) is 8.00. The highest BCUT2D eigenvalue weighted by atomic mass is 16.5. The van der Waals surface area contributed by atoms with E-state index in [4.69, 9.17) is 24.4 Å². The van der Waals surface area contributed by atoms with Crippen LogP contribution in [0.25, 0.3) is 11.0 Å². The molecule has 2 heterocycles. The fraction of sp³-hybridized carbons (Fsp3) is 0.0952. The van der Waals surface area contributed by atoms with Gasteiger partial charge in [0.05, 0.1) is 19.8 Å². The van der Waals surface area contributed by atoms with Crippen LogP contribution in [0.4, 0.5) is 11.6 Å². The Kier molecular flexibility index (Phi) is 5.08. The average molecular weight is 406 g/mol. The fourth-order valence-corrected chi connectivity index (χ4v) is 2.86. The molecule has 0 atom stereocenters. The van der Waals surface area contributed by atoms with Crippen molar-refractivity contribution in [2.45, 2.75) is 0 Å². The topological polar surface area (TPSA) is 122 Å². The number of amides is 1. The van der Waals surface area contributed by atoms with Crippen LogP contribution in [0.3, 0.4) is 0 Å². The third kappa shape index (κ3) is 3.95. The molecule has 0 saturated heterocycles. The molecular weight excluding hydrogens is 388 g/mol. The predicted octanol–water partition coefficient (Wildman–Crippen LogP) is 3.87. The van der Waals surface area contributed by atoms with Gasteiger partial charge in [-0.15, -0.1) is 0 Å². The van der Waals surface area contributed by atoms with Crippen LogP contribution in [0.2, 0.25) is 0 Å². The summed E-state index contributed by atoms with van der Waals surface area (Å²) in [5.74, 6) is 1.70. The Morgan fingerprint density at radius 3 is 2.50 bits per heavy atom. The maximum atomic E-state index is 12.8. The molecule has 0 bridgehead atoms. The number of nitrogens with one attached hydrogen (secondary N) is 1. The van der Waals surface area contributed by atoms with Crippen LogP contribution in [0.15, 0.2) is 59.3 Å². The number of hydrogen-bond donors (Lipinski definition) is 2. The monoisotopic (exact) mass is 406 g/mol. The van der Waals surface area contributed by atoms with Crippen LogP contribution >= 0.6 is 0 Å². The summed E-state index contributed by atoms with van der Waals surface area (Å²) in [6.45, 7) is 0. The number of carbonyl (C=O) groups excluding carboxylic acids is 1. The van der Waals surface area contributed by atoms with Crippen molar-refractivity contribution in [1.29, 1.82) is 0 Å². The van der Waals surface area contributed by atoms with E-state index in [0.717, 1.165) is 0 Å². The number of methoxy groups -OCH3 is 2. The Morgan fingerprint density at radius 1 is 1.03 bits per heavy atom. The van der Waals surface area contributed by atoms with Gasteiger partial charge in [0, 0.05) is 47.6 Å². The first-order valence-electron chi connectivity index (χ1n) is 8.88. The summed E-state index contributed by atoms with van der Waals surface area (Å²) in [5.41, 5.74) is 6.96. The Balaban J connectivity index is 1.57. The molecule has 1 amide bonds. The zero-order valence-electron chi connectivity index (χ0n) is 16.2. The minimum Gasteiger partial charge on any atom is -0.497 e. The highest BCUT2D eigenvalue weighted by molar-refractivity contribution is 6.12. The fourth-order valence-electron chi connectivity index (χ4n) is 2.86. The first-order valence-corrected chi connectivity index (χ1v) is 8.88. The van der Waals surface area contributed by atoms with Gasteiger partial charge in [-0.05, 0) is 12.1 Å². The van der Waals surface area contributed by atoms with Gasteiger partial charge < -0.3 is 29.7 Å². The number of anilines is 2. The lowest BCUT2D eigenvalue weighted by Gasteiger charge is -2.09.